The van der Waals surface area contributed by atoms with Crippen molar-refractivity contribution in [2.24, 2.45) is 0 Å². The summed E-state index contributed by atoms with van der Waals surface area (Å²) in [4.78, 5) is 16.2. The molecule has 0 aliphatic carbocycles. The Morgan fingerprint density at radius 3 is 3.00 bits per heavy atom. The molecule has 0 saturated heterocycles. The number of nitrogens with zero attached hydrogens (tertiary/aromatic N) is 1. The van der Waals surface area contributed by atoms with Gasteiger partial charge in [-0.05, 0) is 24.6 Å². The first kappa shape index (κ1) is 13.8. The van der Waals surface area contributed by atoms with Crippen LogP contribution >= 0.6 is 11.3 Å². The zero-order valence-electron chi connectivity index (χ0n) is 11.0. The van der Waals surface area contributed by atoms with E-state index in [1.54, 1.807) is 18.2 Å². The highest BCUT2D eigenvalue weighted by atomic mass is 32.1. The van der Waals surface area contributed by atoms with Crippen molar-refractivity contribution in [1.82, 2.24) is 10.3 Å². The molecule has 19 heavy (non-hydrogen) atoms. The molecular formula is C14H18N2O2S. The summed E-state index contributed by atoms with van der Waals surface area (Å²) in [5.41, 5.74) is 0.749. The first-order valence-corrected chi connectivity index (χ1v) is 7.40. The number of hydrogen-bond donors (Lipinski definition) is 2. The van der Waals surface area contributed by atoms with E-state index < -0.39 is 0 Å². The van der Waals surface area contributed by atoms with Crippen molar-refractivity contribution in [3.63, 3.8) is 0 Å². The molecule has 1 heterocycles. The standard InChI is InChI=1S/C14H18N2O2S/c1-2-3-4-5-8-15-13(18)14-16-11-7-6-10(17)9-12(11)19-14/h6-7,9,17H,2-5,8H2,1H3,(H,15,18). The Morgan fingerprint density at radius 1 is 1.37 bits per heavy atom. The van der Waals surface area contributed by atoms with E-state index in [4.69, 9.17) is 0 Å². The van der Waals surface area contributed by atoms with Crippen LogP contribution < -0.4 is 5.32 Å². The molecule has 0 unspecified atom stereocenters. The van der Waals surface area contributed by atoms with Gasteiger partial charge in [0.25, 0.3) is 5.91 Å². The lowest BCUT2D eigenvalue weighted by Gasteiger charge is -2.01. The topological polar surface area (TPSA) is 62.2 Å². The summed E-state index contributed by atoms with van der Waals surface area (Å²) in [7, 11) is 0. The average Bonchev–Trinajstić information content (AvgIpc) is 2.81. The van der Waals surface area contributed by atoms with Gasteiger partial charge in [-0.1, -0.05) is 26.2 Å². The fourth-order valence-electron chi connectivity index (χ4n) is 1.84. The zero-order valence-corrected chi connectivity index (χ0v) is 11.8. The van der Waals surface area contributed by atoms with E-state index in [0.717, 1.165) is 23.1 Å². The fourth-order valence-corrected chi connectivity index (χ4v) is 2.75. The van der Waals surface area contributed by atoms with E-state index >= 15 is 0 Å². The molecule has 1 amide bonds. The van der Waals surface area contributed by atoms with Gasteiger partial charge >= 0.3 is 0 Å². The summed E-state index contributed by atoms with van der Waals surface area (Å²) in [6, 6.07) is 4.93. The molecule has 0 spiro atoms. The van der Waals surface area contributed by atoms with Crippen LogP contribution in [0.3, 0.4) is 0 Å². The SMILES string of the molecule is CCCCCCNC(=O)c1nc2ccc(O)cc2s1. The molecule has 0 bridgehead atoms. The monoisotopic (exact) mass is 278 g/mol. The summed E-state index contributed by atoms with van der Waals surface area (Å²) in [5.74, 6) is 0.0693. The first-order chi connectivity index (χ1) is 9.20. The van der Waals surface area contributed by atoms with Gasteiger partial charge in [-0.2, -0.15) is 0 Å². The van der Waals surface area contributed by atoms with Crippen LogP contribution in [0.4, 0.5) is 0 Å². The minimum atomic E-state index is -0.128. The smallest absolute Gasteiger partial charge is 0.280 e. The van der Waals surface area contributed by atoms with Gasteiger partial charge in [0.05, 0.1) is 10.2 Å². The lowest BCUT2D eigenvalue weighted by molar-refractivity contribution is 0.0953. The van der Waals surface area contributed by atoms with E-state index in [0.29, 0.717) is 11.6 Å². The molecule has 2 N–H and O–H groups in total. The van der Waals surface area contributed by atoms with E-state index in [1.165, 1.54) is 24.2 Å². The normalized spacial score (nSPS) is 10.8. The summed E-state index contributed by atoms with van der Waals surface area (Å²) in [6.45, 7) is 2.86. The van der Waals surface area contributed by atoms with E-state index in [2.05, 4.69) is 17.2 Å². The summed E-state index contributed by atoms with van der Waals surface area (Å²) in [6.07, 6.45) is 4.54. The van der Waals surface area contributed by atoms with Gasteiger partial charge in [-0.15, -0.1) is 11.3 Å². The fraction of sp³-hybridized carbons (Fsp3) is 0.429. The predicted molar refractivity (Wildman–Crippen MR) is 77.8 cm³/mol. The number of carbonyl (C=O) groups excluding carboxylic acids is 1. The number of fused-ring (bicyclic) bond motifs is 1. The van der Waals surface area contributed by atoms with Crippen molar-refractivity contribution in [1.29, 1.82) is 0 Å². The second-order valence-electron chi connectivity index (χ2n) is 4.49. The first-order valence-electron chi connectivity index (χ1n) is 6.58. The molecule has 2 aromatic rings. The Hall–Kier alpha value is -1.62. The van der Waals surface area contributed by atoms with Crippen LogP contribution in [0.5, 0.6) is 5.75 Å². The number of nitrogens with one attached hydrogen (secondary N) is 1. The summed E-state index contributed by atoms with van der Waals surface area (Å²) in [5, 5.41) is 12.7. The molecular weight excluding hydrogens is 260 g/mol. The third-order valence-corrected chi connectivity index (χ3v) is 3.90. The molecule has 2 rings (SSSR count). The molecule has 0 saturated carbocycles. The molecule has 0 aliphatic heterocycles. The van der Waals surface area contributed by atoms with Crippen molar-refractivity contribution in [2.45, 2.75) is 32.6 Å². The number of aromatic hydroxyl groups is 1. The Morgan fingerprint density at radius 2 is 2.21 bits per heavy atom. The minimum absolute atomic E-state index is 0.128. The average molecular weight is 278 g/mol. The molecule has 102 valence electrons. The minimum Gasteiger partial charge on any atom is -0.508 e. The molecule has 0 fully saturated rings. The number of carbonyl (C=O) groups is 1. The Bertz CT molecular complexity index is 566. The molecule has 5 heteroatoms. The van der Waals surface area contributed by atoms with Gasteiger partial charge < -0.3 is 10.4 Å². The number of hydrogen-bond acceptors (Lipinski definition) is 4. The van der Waals surface area contributed by atoms with Crippen molar-refractivity contribution in [3.8, 4) is 5.75 Å². The molecule has 4 nitrogen and oxygen atoms in total. The molecule has 0 aliphatic rings. The lowest BCUT2D eigenvalue weighted by atomic mass is 10.2. The number of thiazole rings is 1. The second-order valence-corrected chi connectivity index (χ2v) is 5.52. The number of unbranched alkanes of at least 4 members (excludes halogenated alkanes) is 3. The molecule has 1 aromatic carbocycles. The van der Waals surface area contributed by atoms with E-state index in [1.807, 2.05) is 0 Å². The molecule has 0 radical (unpaired) electrons. The number of benzene rings is 1. The predicted octanol–water partition coefficient (Wildman–Crippen LogP) is 3.31. The maximum absolute atomic E-state index is 11.9. The third-order valence-electron chi connectivity index (χ3n) is 2.88. The van der Waals surface area contributed by atoms with E-state index in [-0.39, 0.29) is 11.7 Å². The lowest BCUT2D eigenvalue weighted by Crippen LogP contribution is -2.24. The van der Waals surface area contributed by atoms with Crippen molar-refractivity contribution >= 4 is 27.5 Å². The van der Waals surface area contributed by atoms with Gasteiger partial charge in [-0.3, -0.25) is 4.79 Å². The van der Waals surface area contributed by atoms with Crippen molar-refractivity contribution in [3.05, 3.63) is 23.2 Å². The van der Waals surface area contributed by atoms with Crippen molar-refractivity contribution < 1.29 is 9.90 Å². The van der Waals surface area contributed by atoms with Gasteiger partial charge in [0, 0.05) is 6.54 Å². The van der Waals surface area contributed by atoms with Gasteiger partial charge in [-0.25, -0.2) is 4.98 Å². The quantitative estimate of drug-likeness (QED) is 0.797. The van der Waals surface area contributed by atoms with Crippen LogP contribution in [-0.2, 0) is 0 Å². The Labute approximate surface area is 116 Å². The third kappa shape index (κ3) is 3.67. The van der Waals surface area contributed by atoms with Crippen LogP contribution in [0.15, 0.2) is 18.2 Å². The number of phenols is 1. The zero-order chi connectivity index (χ0) is 13.7. The largest absolute Gasteiger partial charge is 0.508 e. The maximum Gasteiger partial charge on any atom is 0.280 e. The van der Waals surface area contributed by atoms with Gasteiger partial charge in [0.15, 0.2) is 5.01 Å². The highest BCUT2D eigenvalue weighted by Crippen LogP contribution is 2.25. The van der Waals surface area contributed by atoms with Gasteiger partial charge in [0.1, 0.15) is 5.75 Å². The summed E-state index contributed by atoms with van der Waals surface area (Å²) >= 11 is 1.30. The highest BCUT2D eigenvalue weighted by Gasteiger charge is 2.11. The number of rotatable bonds is 6. The van der Waals surface area contributed by atoms with Crippen LogP contribution in [0.1, 0.15) is 42.4 Å². The molecule has 1 aromatic heterocycles. The van der Waals surface area contributed by atoms with Crippen LogP contribution in [0.25, 0.3) is 10.2 Å². The van der Waals surface area contributed by atoms with Crippen molar-refractivity contribution in [2.75, 3.05) is 6.54 Å². The molecule has 0 atom stereocenters. The highest BCUT2D eigenvalue weighted by molar-refractivity contribution is 7.20. The van der Waals surface area contributed by atoms with E-state index in [9.17, 15) is 9.90 Å². The van der Waals surface area contributed by atoms with Crippen LogP contribution in [-0.4, -0.2) is 22.5 Å². The summed E-state index contributed by atoms with van der Waals surface area (Å²) < 4.78 is 0.830. The Balaban J connectivity index is 1.94. The van der Waals surface area contributed by atoms with Crippen LogP contribution in [0, 0.1) is 0 Å². The number of aromatic nitrogens is 1. The number of phenolic OH excluding ortho intramolecular Hbond substituents is 1. The van der Waals surface area contributed by atoms with Crippen LogP contribution in [0.2, 0.25) is 0 Å². The Kier molecular flexibility index (Phi) is 4.74. The maximum atomic E-state index is 11.9. The number of amides is 1. The second kappa shape index (κ2) is 6.52. The van der Waals surface area contributed by atoms with Gasteiger partial charge in [0.2, 0.25) is 0 Å².